The first-order valence-corrected chi connectivity index (χ1v) is 10.4. The van der Waals surface area contributed by atoms with Crippen LogP contribution < -0.4 is 29.1 Å². The zero-order valence-corrected chi connectivity index (χ0v) is 18.2. The van der Waals surface area contributed by atoms with E-state index in [1.54, 1.807) is 24.3 Å². The van der Waals surface area contributed by atoms with Gasteiger partial charge in [-0.25, -0.2) is 0 Å². The van der Waals surface area contributed by atoms with Gasteiger partial charge in [-0.05, 0) is 24.3 Å². The topological polar surface area (TPSA) is 146 Å². The lowest BCUT2D eigenvalue weighted by molar-refractivity contribution is -0.242. The molecule has 4 atom stereocenters. The minimum Gasteiger partial charge on any atom is -0.497 e. The Hall–Kier alpha value is -3.51. The number of aliphatic hydroxyl groups is 3. The molecule has 0 unspecified atom stereocenters. The Morgan fingerprint density at radius 3 is 2.44 bits per heavy atom. The average molecular weight is 474 g/mol. The van der Waals surface area contributed by atoms with Crippen LogP contribution in [-0.4, -0.2) is 67.5 Å². The summed E-state index contributed by atoms with van der Waals surface area (Å²) < 4.78 is 38.7. The predicted octanol–water partition coefficient (Wildman–Crippen LogP) is 1.02. The largest absolute Gasteiger partial charge is 0.497 e. The second-order valence-corrected chi connectivity index (χ2v) is 7.70. The summed E-state index contributed by atoms with van der Waals surface area (Å²) in [4.78, 5) is 13.7. The van der Waals surface area contributed by atoms with Gasteiger partial charge in [-0.1, -0.05) is 0 Å². The van der Waals surface area contributed by atoms with Crippen LogP contribution in [0.4, 0.5) is 0 Å². The number of fused-ring (bicyclic) bond motifs is 2. The fourth-order valence-corrected chi connectivity index (χ4v) is 3.89. The molecule has 1 fully saturated rings. The van der Waals surface area contributed by atoms with Gasteiger partial charge in [0.05, 0.1) is 20.8 Å². The maximum atomic E-state index is 13.7. The van der Waals surface area contributed by atoms with Crippen molar-refractivity contribution < 1.29 is 48.2 Å². The summed E-state index contributed by atoms with van der Waals surface area (Å²) in [7, 11) is 2.90. The molecule has 0 radical (unpaired) electrons. The molecule has 0 amide bonds. The summed E-state index contributed by atoms with van der Waals surface area (Å²) in [5, 5.41) is 30.2. The number of methoxy groups -OCH3 is 2. The van der Waals surface area contributed by atoms with Crippen molar-refractivity contribution in [3.05, 3.63) is 40.6 Å². The van der Waals surface area contributed by atoms with Crippen molar-refractivity contribution in [2.75, 3.05) is 27.6 Å². The summed E-state index contributed by atoms with van der Waals surface area (Å²) in [5.41, 5.74) is 0.000724. The minimum absolute atomic E-state index is 0.0323. The van der Waals surface area contributed by atoms with Crippen LogP contribution in [0.25, 0.3) is 22.3 Å². The fourth-order valence-electron chi connectivity index (χ4n) is 3.89. The molecule has 11 nitrogen and oxygen atoms in total. The van der Waals surface area contributed by atoms with Crippen LogP contribution in [0.15, 0.2) is 39.5 Å². The van der Waals surface area contributed by atoms with Crippen LogP contribution in [0, 0.1) is 0 Å². The van der Waals surface area contributed by atoms with Gasteiger partial charge in [0.15, 0.2) is 17.3 Å². The lowest BCUT2D eigenvalue weighted by Crippen LogP contribution is -2.55. The molecule has 0 saturated carbocycles. The molecule has 3 N–H and O–H groups in total. The van der Waals surface area contributed by atoms with E-state index in [0.717, 1.165) is 0 Å². The number of aliphatic hydroxyl groups excluding tert-OH is 3. The van der Waals surface area contributed by atoms with Gasteiger partial charge in [0.25, 0.3) is 0 Å². The predicted molar refractivity (Wildman–Crippen MR) is 116 cm³/mol. The quantitative estimate of drug-likeness (QED) is 0.487. The summed E-state index contributed by atoms with van der Waals surface area (Å²) in [6, 6.07) is 8.20. The molecular formula is C23H22O11. The van der Waals surface area contributed by atoms with E-state index in [1.807, 2.05) is 0 Å². The van der Waals surface area contributed by atoms with Crippen LogP contribution in [0.5, 0.6) is 28.7 Å². The molecule has 180 valence electrons. The lowest BCUT2D eigenvalue weighted by atomic mass is 10.1. The lowest BCUT2D eigenvalue weighted by Gasteiger charge is -2.34. The molecular weight excluding hydrogens is 452 g/mol. The Balaban J connectivity index is 1.71. The van der Waals surface area contributed by atoms with E-state index in [0.29, 0.717) is 17.1 Å². The van der Waals surface area contributed by atoms with Gasteiger partial charge in [-0.3, -0.25) is 4.79 Å². The average Bonchev–Trinajstić information content (AvgIpc) is 3.32. The molecule has 11 heteroatoms. The first-order chi connectivity index (χ1) is 16.4. The summed E-state index contributed by atoms with van der Waals surface area (Å²) in [6.45, 7) is -0.352. The summed E-state index contributed by atoms with van der Waals surface area (Å²) >= 11 is 0. The van der Waals surface area contributed by atoms with Gasteiger partial charge >= 0.3 is 0 Å². The number of hydrogen-bond acceptors (Lipinski definition) is 11. The minimum atomic E-state index is -1.62. The second kappa shape index (κ2) is 8.69. The molecule has 2 aromatic carbocycles. The van der Waals surface area contributed by atoms with Crippen molar-refractivity contribution in [1.29, 1.82) is 0 Å². The number of benzene rings is 2. The maximum absolute atomic E-state index is 13.7. The zero-order chi connectivity index (χ0) is 24.0. The van der Waals surface area contributed by atoms with E-state index in [-0.39, 0.29) is 47.4 Å². The van der Waals surface area contributed by atoms with Gasteiger partial charge < -0.3 is 48.2 Å². The second-order valence-electron chi connectivity index (χ2n) is 7.70. The smallest absolute Gasteiger partial charge is 0.239 e. The molecule has 2 aliphatic heterocycles. The maximum Gasteiger partial charge on any atom is 0.239 e. The SMILES string of the molecule is COc1ccc(-c2oc3cc4c(c(OC)c3c(=O)c2O[C@H]2OC[C@H](O)[C@@H](O)[C@H]2O)OCO4)cc1. The fraction of sp³-hybridized carbons (Fsp3) is 0.348. The zero-order valence-electron chi connectivity index (χ0n) is 18.2. The Morgan fingerprint density at radius 1 is 0.971 bits per heavy atom. The van der Waals surface area contributed by atoms with Crippen LogP contribution in [0.2, 0.25) is 0 Å². The first-order valence-electron chi connectivity index (χ1n) is 10.4. The van der Waals surface area contributed by atoms with E-state index < -0.39 is 30.0 Å². The number of rotatable bonds is 5. The van der Waals surface area contributed by atoms with Crippen molar-refractivity contribution in [3.63, 3.8) is 0 Å². The molecule has 0 aliphatic carbocycles. The standard InChI is InChI=1S/C23H22O11/c1-28-11-5-3-10(4-6-11)19-22(34-23-18(27)16(25)12(24)8-30-23)17(26)15-13(33-19)7-14-20(21(15)29-2)32-9-31-14/h3-7,12,16,18,23-25,27H,8-9H2,1-2H3/t12-,16+,18+,23+/m0/s1. The van der Waals surface area contributed by atoms with Gasteiger partial charge in [0.2, 0.25) is 30.0 Å². The first kappa shape index (κ1) is 22.3. The van der Waals surface area contributed by atoms with Crippen molar-refractivity contribution in [1.82, 2.24) is 0 Å². The molecule has 1 aromatic heterocycles. The van der Waals surface area contributed by atoms with E-state index in [4.69, 9.17) is 32.8 Å². The van der Waals surface area contributed by atoms with Crippen LogP contribution in [0.1, 0.15) is 0 Å². The molecule has 3 aromatic rings. The van der Waals surface area contributed by atoms with Gasteiger partial charge in [0.1, 0.15) is 35.0 Å². The van der Waals surface area contributed by atoms with Gasteiger partial charge in [-0.15, -0.1) is 0 Å². The van der Waals surface area contributed by atoms with Crippen molar-refractivity contribution >= 4 is 11.0 Å². The molecule has 1 saturated heterocycles. The van der Waals surface area contributed by atoms with Crippen LogP contribution in [-0.2, 0) is 4.74 Å². The third-order valence-electron chi connectivity index (χ3n) is 5.68. The molecule has 3 heterocycles. The monoisotopic (exact) mass is 474 g/mol. The highest BCUT2D eigenvalue weighted by atomic mass is 16.7. The summed E-state index contributed by atoms with van der Waals surface area (Å²) in [5.74, 6) is 1.04. The Kier molecular flexibility index (Phi) is 5.70. The Labute approximate surface area is 192 Å². The van der Waals surface area contributed by atoms with Crippen molar-refractivity contribution in [2.24, 2.45) is 0 Å². The van der Waals surface area contributed by atoms with Crippen molar-refractivity contribution in [3.8, 4) is 40.1 Å². The van der Waals surface area contributed by atoms with Crippen molar-refractivity contribution in [2.45, 2.75) is 24.6 Å². The highest BCUT2D eigenvalue weighted by Gasteiger charge is 2.40. The van der Waals surface area contributed by atoms with E-state index in [2.05, 4.69) is 0 Å². The third kappa shape index (κ3) is 3.59. The van der Waals surface area contributed by atoms with Gasteiger partial charge in [0, 0.05) is 11.6 Å². The normalized spacial score (nSPS) is 23.7. The highest BCUT2D eigenvalue weighted by Crippen LogP contribution is 2.47. The van der Waals surface area contributed by atoms with E-state index >= 15 is 0 Å². The molecule has 0 spiro atoms. The molecule has 0 bridgehead atoms. The molecule has 5 rings (SSSR count). The van der Waals surface area contributed by atoms with Crippen LogP contribution >= 0.6 is 0 Å². The molecule has 34 heavy (non-hydrogen) atoms. The summed E-state index contributed by atoms with van der Waals surface area (Å²) in [6.07, 6.45) is -5.90. The number of ether oxygens (including phenoxy) is 6. The van der Waals surface area contributed by atoms with Crippen LogP contribution in [0.3, 0.4) is 0 Å². The highest BCUT2D eigenvalue weighted by molar-refractivity contribution is 5.92. The number of hydrogen-bond donors (Lipinski definition) is 3. The Morgan fingerprint density at radius 2 is 1.74 bits per heavy atom. The van der Waals surface area contributed by atoms with Gasteiger partial charge in [-0.2, -0.15) is 0 Å². The van der Waals surface area contributed by atoms with E-state index in [9.17, 15) is 20.1 Å². The molecule has 2 aliphatic rings. The third-order valence-corrected chi connectivity index (χ3v) is 5.68. The van der Waals surface area contributed by atoms with E-state index in [1.165, 1.54) is 20.3 Å². The Bertz CT molecular complexity index is 1270.